The number of morpholine rings is 1. The first-order valence-electron chi connectivity index (χ1n) is 5.63. The molecule has 10 heteroatoms. The maximum Gasteiger partial charge on any atom is 0.433 e. The van der Waals surface area contributed by atoms with Gasteiger partial charge in [0, 0.05) is 12.6 Å². The minimum Gasteiger partial charge on any atom is -0.360 e. The molecule has 0 amide bonds. The minimum absolute atomic E-state index is 0.0452. The molecule has 0 aliphatic carbocycles. The molecule has 2 rings (SSSR count). The van der Waals surface area contributed by atoms with Gasteiger partial charge in [-0.25, -0.2) is 10.8 Å². The van der Waals surface area contributed by atoms with Gasteiger partial charge >= 0.3 is 6.18 Å². The third-order valence-electron chi connectivity index (χ3n) is 2.67. The zero-order valence-electron chi connectivity index (χ0n) is 10.2. The average Bonchev–Trinajstić information content (AvgIpc) is 2.46. The highest BCUT2D eigenvalue weighted by Crippen LogP contribution is 2.30. The molecule has 1 aliphatic heterocycles. The van der Waals surface area contributed by atoms with E-state index in [-0.39, 0.29) is 24.9 Å². The Bertz CT molecular complexity index is 529. The van der Waals surface area contributed by atoms with Crippen molar-refractivity contribution in [1.82, 2.24) is 9.97 Å². The summed E-state index contributed by atoms with van der Waals surface area (Å²) >= 11 is 0. The number of nitrogens with one attached hydrogen (secondary N) is 1. The summed E-state index contributed by atoms with van der Waals surface area (Å²) < 4.78 is 43.3. The SMILES string of the molecule is N#CC1CN(c2cc(C(F)(F)F)nc(NN)n2)CCO1. The van der Waals surface area contributed by atoms with Crippen molar-refractivity contribution in [3.63, 3.8) is 0 Å². The molecule has 2 heterocycles. The first-order valence-corrected chi connectivity index (χ1v) is 5.63. The third-order valence-corrected chi connectivity index (χ3v) is 2.67. The van der Waals surface area contributed by atoms with E-state index in [0.717, 1.165) is 6.07 Å². The predicted molar refractivity (Wildman–Crippen MR) is 62.4 cm³/mol. The molecule has 1 aromatic rings. The second kappa shape index (κ2) is 5.48. The molecule has 20 heavy (non-hydrogen) atoms. The lowest BCUT2D eigenvalue weighted by Crippen LogP contribution is -2.42. The summed E-state index contributed by atoms with van der Waals surface area (Å²) in [5.41, 5.74) is 0.898. The van der Waals surface area contributed by atoms with E-state index in [0.29, 0.717) is 6.54 Å². The van der Waals surface area contributed by atoms with Gasteiger partial charge in [0.2, 0.25) is 5.95 Å². The van der Waals surface area contributed by atoms with Gasteiger partial charge in [0.15, 0.2) is 11.8 Å². The fourth-order valence-corrected chi connectivity index (χ4v) is 1.74. The van der Waals surface area contributed by atoms with Crippen LogP contribution in [-0.4, -0.2) is 35.8 Å². The molecular formula is C10H11F3N6O. The minimum atomic E-state index is -4.61. The number of alkyl halides is 3. The third kappa shape index (κ3) is 3.06. The molecule has 7 nitrogen and oxygen atoms in total. The molecule has 1 fully saturated rings. The van der Waals surface area contributed by atoms with E-state index in [1.54, 1.807) is 0 Å². The first-order chi connectivity index (χ1) is 9.44. The highest BCUT2D eigenvalue weighted by Gasteiger charge is 2.34. The van der Waals surface area contributed by atoms with Crippen LogP contribution in [0, 0.1) is 11.3 Å². The van der Waals surface area contributed by atoms with Gasteiger partial charge in [0.25, 0.3) is 0 Å². The summed E-state index contributed by atoms with van der Waals surface area (Å²) in [5.74, 6) is 4.78. The topological polar surface area (TPSA) is 100 Å². The maximum absolute atomic E-state index is 12.7. The van der Waals surface area contributed by atoms with Crippen LogP contribution in [0.25, 0.3) is 0 Å². The number of halogens is 3. The zero-order chi connectivity index (χ0) is 14.8. The quantitative estimate of drug-likeness (QED) is 0.604. The van der Waals surface area contributed by atoms with Crippen molar-refractivity contribution in [3.8, 4) is 6.07 Å². The van der Waals surface area contributed by atoms with Crippen LogP contribution in [0.2, 0.25) is 0 Å². The normalized spacial score (nSPS) is 19.6. The summed E-state index contributed by atoms with van der Waals surface area (Å²) in [4.78, 5) is 8.66. The Morgan fingerprint density at radius 3 is 2.85 bits per heavy atom. The molecule has 1 aromatic heterocycles. The second-order valence-electron chi connectivity index (χ2n) is 4.01. The summed E-state index contributed by atoms with van der Waals surface area (Å²) in [6.07, 6.45) is -5.31. The molecule has 1 aliphatic rings. The van der Waals surface area contributed by atoms with Crippen LogP contribution in [0.5, 0.6) is 0 Å². The molecular weight excluding hydrogens is 277 g/mol. The molecule has 0 aromatic carbocycles. The Labute approximate surface area is 112 Å². The molecule has 0 radical (unpaired) electrons. The highest BCUT2D eigenvalue weighted by atomic mass is 19.4. The number of hydrogen-bond donors (Lipinski definition) is 2. The van der Waals surface area contributed by atoms with E-state index < -0.39 is 18.0 Å². The fraction of sp³-hybridized carbons (Fsp3) is 0.500. The van der Waals surface area contributed by atoms with Gasteiger partial charge in [-0.05, 0) is 0 Å². The van der Waals surface area contributed by atoms with Gasteiger partial charge < -0.3 is 9.64 Å². The van der Waals surface area contributed by atoms with Crippen LogP contribution in [0.4, 0.5) is 24.9 Å². The number of ether oxygens (including phenoxy) is 1. The van der Waals surface area contributed by atoms with Gasteiger partial charge in [0.1, 0.15) is 5.82 Å². The van der Waals surface area contributed by atoms with E-state index >= 15 is 0 Å². The molecule has 1 unspecified atom stereocenters. The molecule has 1 saturated heterocycles. The van der Waals surface area contributed by atoms with E-state index in [1.165, 1.54) is 4.90 Å². The number of hydrogen-bond acceptors (Lipinski definition) is 7. The van der Waals surface area contributed by atoms with Gasteiger partial charge in [-0.15, -0.1) is 0 Å². The van der Waals surface area contributed by atoms with Gasteiger partial charge in [-0.3, -0.25) is 5.43 Å². The molecule has 3 N–H and O–H groups in total. The molecule has 0 spiro atoms. The van der Waals surface area contributed by atoms with Crippen molar-refractivity contribution in [1.29, 1.82) is 5.26 Å². The predicted octanol–water partition coefficient (Wildman–Crippen LogP) is 0.510. The first kappa shape index (κ1) is 14.3. The largest absolute Gasteiger partial charge is 0.433 e. The lowest BCUT2D eigenvalue weighted by Gasteiger charge is -2.31. The molecule has 108 valence electrons. The number of aromatic nitrogens is 2. The molecule has 0 bridgehead atoms. The maximum atomic E-state index is 12.7. The summed E-state index contributed by atoms with van der Waals surface area (Å²) in [6, 6.07) is 2.73. The monoisotopic (exact) mass is 288 g/mol. The van der Waals surface area contributed by atoms with E-state index in [2.05, 4.69) is 9.97 Å². The highest BCUT2D eigenvalue weighted by molar-refractivity contribution is 5.46. The van der Waals surface area contributed by atoms with Crippen molar-refractivity contribution < 1.29 is 17.9 Å². The number of anilines is 2. The standard InChI is InChI=1S/C10H11F3N6O/c11-10(12,13)7-3-8(17-9(16-7)18-15)19-1-2-20-6(4-14)5-19/h3,6H,1-2,5,15H2,(H,16,17,18). The lowest BCUT2D eigenvalue weighted by molar-refractivity contribution is -0.141. The van der Waals surface area contributed by atoms with Gasteiger partial charge in [0.05, 0.1) is 19.2 Å². The van der Waals surface area contributed by atoms with Gasteiger partial charge in [-0.2, -0.15) is 23.4 Å². The van der Waals surface area contributed by atoms with Crippen LogP contribution >= 0.6 is 0 Å². The number of nitrogens with zero attached hydrogens (tertiary/aromatic N) is 4. The molecule has 1 atom stereocenters. The number of nitrogens with two attached hydrogens (primary N) is 1. The van der Waals surface area contributed by atoms with E-state index in [1.807, 2.05) is 11.5 Å². The van der Waals surface area contributed by atoms with E-state index in [9.17, 15) is 13.2 Å². The Morgan fingerprint density at radius 1 is 1.50 bits per heavy atom. The zero-order valence-corrected chi connectivity index (χ0v) is 10.2. The lowest BCUT2D eigenvalue weighted by atomic mass is 10.2. The number of hydrazine groups is 1. The Hall–Kier alpha value is -2.12. The van der Waals surface area contributed by atoms with Crippen molar-refractivity contribution in [2.24, 2.45) is 5.84 Å². The van der Waals surface area contributed by atoms with Crippen LogP contribution in [-0.2, 0) is 10.9 Å². The molecule has 0 saturated carbocycles. The van der Waals surface area contributed by atoms with Crippen LogP contribution in [0.15, 0.2) is 6.07 Å². The number of rotatable bonds is 2. The Morgan fingerprint density at radius 2 is 2.25 bits per heavy atom. The summed E-state index contributed by atoms with van der Waals surface area (Å²) in [6.45, 7) is 0.695. The Balaban J connectivity index is 2.33. The average molecular weight is 288 g/mol. The Kier molecular flexibility index (Phi) is 3.91. The van der Waals surface area contributed by atoms with Crippen molar-refractivity contribution in [3.05, 3.63) is 11.8 Å². The van der Waals surface area contributed by atoms with Crippen molar-refractivity contribution >= 4 is 11.8 Å². The van der Waals surface area contributed by atoms with Crippen molar-refractivity contribution in [2.45, 2.75) is 12.3 Å². The smallest absolute Gasteiger partial charge is 0.360 e. The number of nitriles is 1. The number of nitrogen functional groups attached to an aromatic ring is 1. The summed E-state index contributed by atoms with van der Waals surface area (Å²) in [7, 11) is 0. The second-order valence-corrected chi connectivity index (χ2v) is 4.01. The van der Waals surface area contributed by atoms with Crippen LogP contribution in [0.1, 0.15) is 5.69 Å². The van der Waals surface area contributed by atoms with Crippen molar-refractivity contribution in [2.75, 3.05) is 30.0 Å². The van der Waals surface area contributed by atoms with Crippen LogP contribution in [0.3, 0.4) is 0 Å². The summed E-state index contributed by atoms with van der Waals surface area (Å²) in [5, 5.41) is 8.79. The van der Waals surface area contributed by atoms with Gasteiger partial charge in [-0.1, -0.05) is 0 Å². The van der Waals surface area contributed by atoms with E-state index in [4.69, 9.17) is 15.8 Å². The fourth-order valence-electron chi connectivity index (χ4n) is 1.74. The van der Waals surface area contributed by atoms with Crippen LogP contribution < -0.4 is 16.2 Å².